The van der Waals surface area contributed by atoms with Crippen LogP contribution in [-0.2, 0) is 9.59 Å². The summed E-state index contributed by atoms with van der Waals surface area (Å²) in [5.41, 5.74) is 1.77. The summed E-state index contributed by atoms with van der Waals surface area (Å²) in [6, 6.07) is 7.27. The van der Waals surface area contributed by atoms with E-state index in [1.807, 2.05) is 29.6 Å². The van der Waals surface area contributed by atoms with E-state index >= 15 is 0 Å². The number of fused-ring (bicyclic) bond motifs is 1. The summed E-state index contributed by atoms with van der Waals surface area (Å²) in [6.07, 6.45) is 3.14. The number of nitrogens with one attached hydrogen (secondary N) is 1. The van der Waals surface area contributed by atoms with Crippen LogP contribution in [0.5, 0.6) is 0 Å². The molecule has 0 spiro atoms. The zero-order valence-electron chi connectivity index (χ0n) is 13.2. The fraction of sp³-hybridized carbons (Fsp3) is 0.353. The highest BCUT2D eigenvalue weighted by atomic mass is 32.2. The number of carbonyl (C=O) groups excluding carboxylic acids is 2. The monoisotopic (exact) mass is 359 g/mol. The van der Waals surface area contributed by atoms with Crippen LogP contribution in [0.4, 0.5) is 5.69 Å². The molecular formula is C17H17N3O2S2. The summed E-state index contributed by atoms with van der Waals surface area (Å²) in [7, 11) is 0. The second-order valence-corrected chi connectivity index (χ2v) is 8.57. The van der Waals surface area contributed by atoms with Gasteiger partial charge in [-0.2, -0.15) is 0 Å². The van der Waals surface area contributed by atoms with E-state index in [4.69, 9.17) is 0 Å². The Labute approximate surface area is 148 Å². The van der Waals surface area contributed by atoms with Gasteiger partial charge in [0.15, 0.2) is 0 Å². The highest BCUT2D eigenvalue weighted by Gasteiger charge is 2.52. The number of rotatable bonds is 3. The molecular weight excluding hydrogens is 342 g/mol. The van der Waals surface area contributed by atoms with E-state index < -0.39 is 0 Å². The lowest BCUT2D eigenvalue weighted by Gasteiger charge is -2.29. The fourth-order valence-corrected chi connectivity index (χ4v) is 5.38. The number of thiazole rings is 1. The minimum atomic E-state index is -0.381. The Morgan fingerprint density at radius 1 is 1.38 bits per heavy atom. The maximum atomic E-state index is 12.6. The molecule has 2 saturated heterocycles. The average molecular weight is 359 g/mol. The van der Waals surface area contributed by atoms with Gasteiger partial charge in [0, 0.05) is 35.0 Å². The zero-order chi connectivity index (χ0) is 16.7. The lowest BCUT2D eigenvalue weighted by molar-refractivity contribution is -0.135. The first-order valence-corrected chi connectivity index (χ1v) is 9.70. The first kappa shape index (κ1) is 15.7. The van der Waals surface area contributed by atoms with Crippen molar-refractivity contribution in [1.82, 2.24) is 9.88 Å². The molecule has 2 fully saturated rings. The Hall–Kier alpha value is -1.86. The topological polar surface area (TPSA) is 62.3 Å². The van der Waals surface area contributed by atoms with Crippen LogP contribution in [0.25, 0.3) is 10.6 Å². The third-order valence-corrected chi connectivity index (χ3v) is 6.91. The van der Waals surface area contributed by atoms with Crippen molar-refractivity contribution in [3.8, 4) is 10.6 Å². The molecule has 0 aliphatic carbocycles. The summed E-state index contributed by atoms with van der Waals surface area (Å²) in [6.45, 7) is 2.05. The average Bonchev–Trinajstić information content (AvgIpc) is 3.27. The van der Waals surface area contributed by atoms with Crippen molar-refractivity contribution in [2.45, 2.75) is 30.7 Å². The van der Waals surface area contributed by atoms with Crippen molar-refractivity contribution < 1.29 is 9.59 Å². The molecule has 3 heterocycles. The number of hydrogen-bond acceptors (Lipinski definition) is 5. The van der Waals surface area contributed by atoms with E-state index in [0.29, 0.717) is 12.2 Å². The van der Waals surface area contributed by atoms with E-state index in [1.54, 1.807) is 34.2 Å². The molecule has 2 aliphatic heterocycles. The molecule has 0 radical (unpaired) electrons. The molecule has 1 N–H and O–H groups in total. The summed E-state index contributed by atoms with van der Waals surface area (Å²) in [5, 5.41) is 5.84. The van der Waals surface area contributed by atoms with Crippen LogP contribution in [0.1, 0.15) is 19.8 Å². The van der Waals surface area contributed by atoms with Crippen LogP contribution < -0.4 is 5.32 Å². The van der Waals surface area contributed by atoms with E-state index in [1.165, 1.54) is 0 Å². The van der Waals surface area contributed by atoms with E-state index in [-0.39, 0.29) is 22.7 Å². The quantitative estimate of drug-likeness (QED) is 0.914. The maximum Gasteiger partial charge on any atom is 0.248 e. The number of hydrogen-bond donors (Lipinski definition) is 1. The molecule has 2 aliphatic rings. The molecule has 0 unspecified atom stereocenters. The molecule has 124 valence electrons. The predicted molar refractivity (Wildman–Crippen MR) is 96.9 cm³/mol. The van der Waals surface area contributed by atoms with Crippen molar-refractivity contribution in [2.75, 3.05) is 11.1 Å². The van der Waals surface area contributed by atoms with Gasteiger partial charge in [-0.3, -0.25) is 9.59 Å². The van der Waals surface area contributed by atoms with Crippen molar-refractivity contribution in [3.05, 3.63) is 35.8 Å². The Morgan fingerprint density at radius 2 is 2.17 bits per heavy atom. The number of thioether (sulfide) groups is 1. The summed E-state index contributed by atoms with van der Waals surface area (Å²) < 4.78 is 0. The number of nitrogens with zero attached hydrogens (tertiary/aromatic N) is 2. The molecule has 2 atom stereocenters. The van der Waals surface area contributed by atoms with Gasteiger partial charge in [0.2, 0.25) is 11.8 Å². The van der Waals surface area contributed by atoms with Gasteiger partial charge in [0.25, 0.3) is 0 Å². The molecule has 1 aromatic carbocycles. The number of carbonyl (C=O) groups is 2. The third kappa shape index (κ3) is 2.61. The van der Waals surface area contributed by atoms with E-state index in [9.17, 15) is 9.59 Å². The smallest absolute Gasteiger partial charge is 0.248 e. The first-order valence-electron chi connectivity index (χ1n) is 7.84. The van der Waals surface area contributed by atoms with Crippen molar-refractivity contribution in [2.24, 2.45) is 0 Å². The van der Waals surface area contributed by atoms with Gasteiger partial charge in [0.05, 0.1) is 4.87 Å². The van der Waals surface area contributed by atoms with Crippen molar-refractivity contribution in [1.29, 1.82) is 0 Å². The van der Waals surface area contributed by atoms with Crippen LogP contribution >= 0.6 is 23.1 Å². The molecule has 1 aromatic heterocycles. The number of benzene rings is 1. The van der Waals surface area contributed by atoms with Crippen molar-refractivity contribution in [3.63, 3.8) is 0 Å². The van der Waals surface area contributed by atoms with Gasteiger partial charge in [-0.25, -0.2) is 4.98 Å². The van der Waals surface area contributed by atoms with Gasteiger partial charge in [-0.1, -0.05) is 0 Å². The molecule has 4 rings (SSSR count). The number of aromatic nitrogens is 1. The minimum absolute atomic E-state index is 0.0850. The first-order chi connectivity index (χ1) is 11.6. The Bertz CT molecular complexity index is 776. The number of amides is 2. The van der Waals surface area contributed by atoms with Crippen molar-refractivity contribution >= 4 is 40.6 Å². The molecule has 24 heavy (non-hydrogen) atoms. The molecule has 2 amide bonds. The molecule has 7 heteroatoms. The highest BCUT2D eigenvalue weighted by molar-refractivity contribution is 8.01. The maximum absolute atomic E-state index is 12.6. The van der Waals surface area contributed by atoms with Crippen LogP contribution in [0.2, 0.25) is 0 Å². The Morgan fingerprint density at radius 3 is 2.88 bits per heavy atom. The normalized spacial score (nSPS) is 25.8. The zero-order valence-corrected chi connectivity index (χ0v) is 14.8. The highest BCUT2D eigenvalue weighted by Crippen LogP contribution is 2.47. The third-order valence-electron chi connectivity index (χ3n) is 4.58. The van der Waals surface area contributed by atoms with Crippen LogP contribution in [0.15, 0.2) is 35.8 Å². The standard InChI is InChI=1S/C17H17N3O2S2/c1-17-7-6-14(21)20(17)13(10-24-17)15(22)19-12-4-2-11(3-5-12)16-18-8-9-23-16/h2-5,8-9,13H,6-7,10H2,1H3,(H,19,22)/t13-,17-/m1/s1. The van der Waals surface area contributed by atoms with Gasteiger partial charge in [-0.05, 0) is 37.6 Å². The van der Waals surface area contributed by atoms with Gasteiger partial charge >= 0.3 is 0 Å². The Kier molecular flexibility index (Phi) is 3.85. The summed E-state index contributed by atoms with van der Waals surface area (Å²) >= 11 is 3.29. The molecule has 0 saturated carbocycles. The summed E-state index contributed by atoms with van der Waals surface area (Å²) in [4.78, 5) is 30.6. The second-order valence-electron chi connectivity index (χ2n) is 6.17. The predicted octanol–water partition coefficient (Wildman–Crippen LogP) is 3.20. The minimum Gasteiger partial charge on any atom is -0.324 e. The Balaban J connectivity index is 1.47. The van der Waals surface area contributed by atoms with Gasteiger partial charge in [0.1, 0.15) is 11.0 Å². The van der Waals surface area contributed by atoms with Crippen LogP contribution in [0, 0.1) is 0 Å². The van der Waals surface area contributed by atoms with Gasteiger partial charge < -0.3 is 10.2 Å². The van der Waals surface area contributed by atoms with E-state index in [0.717, 1.165) is 22.7 Å². The van der Waals surface area contributed by atoms with Gasteiger partial charge in [-0.15, -0.1) is 23.1 Å². The van der Waals surface area contributed by atoms with Crippen LogP contribution in [0.3, 0.4) is 0 Å². The SMILES string of the molecule is C[C@@]12CCC(=O)N1[C@@H](C(=O)Nc1ccc(-c3nccs3)cc1)CS2. The molecule has 0 bridgehead atoms. The van der Waals surface area contributed by atoms with Crippen LogP contribution in [-0.4, -0.2) is 38.4 Å². The second kappa shape index (κ2) is 5.89. The lowest BCUT2D eigenvalue weighted by atomic mass is 10.2. The number of anilines is 1. The molecule has 2 aromatic rings. The lowest BCUT2D eigenvalue weighted by Crippen LogP contribution is -2.48. The molecule has 5 nitrogen and oxygen atoms in total. The fourth-order valence-electron chi connectivity index (χ4n) is 3.30. The largest absolute Gasteiger partial charge is 0.324 e. The summed E-state index contributed by atoms with van der Waals surface area (Å²) in [5.74, 6) is 0.635. The van der Waals surface area contributed by atoms with E-state index in [2.05, 4.69) is 17.2 Å².